The SMILES string of the molecule is CC(C)(C)OC(=O)N1CCCC[C@H]1C(=O)NCc1cc(Cl)ccc1Cl. The molecule has 0 saturated carbocycles. The summed E-state index contributed by atoms with van der Waals surface area (Å²) in [6.45, 7) is 6.21. The summed E-state index contributed by atoms with van der Waals surface area (Å²) >= 11 is 12.1. The van der Waals surface area contributed by atoms with Gasteiger partial charge in [0.1, 0.15) is 11.6 Å². The Morgan fingerprint density at radius 1 is 1.28 bits per heavy atom. The minimum absolute atomic E-state index is 0.207. The van der Waals surface area contributed by atoms with E-state index in [4.69, 9.17) is 27.9 Å². The molecule has 1 aliphatic heterocycles. The number of piperidine rings is 1. The van der Waals surface area contributed by atoms with Gasteiger partial charge in [0, 0.05) is 23.1 Å². The molecular weight excluding hydrogens is 363 g/mol. The molecule has 1 saturated heterocycles. The molecule has 1 aliphatic rings. The van der Waals surface area contributed by atoms with Crippen molar-refractivity contribution in [3.63, 3.8) is 0 Å². The fourth-order valence-corrected chi connectivity index (χ4v) is 3.10. The molecule has 138 valence electrons. The van der Waals surface area contributed by atoms with Crippen LogP contribution in [0.4, 0.5) is 4.79 Å². The number of carbonyl (C=O) groups is 2. The smallest absolute Gasteiger partial charge is 0.410 e. The number of benzene rings is 1. The second kappa shape index (κ2) is 8.28. The number of rotatable bonds is 3. The van der Waals surface area contributed by atoms with Crippen molar-refractivity contribution in [2.45, 2.75) is 58.2 Å². The van der Waals surface area contributed by atoms with Crippen molar-refractivity contribution >= 4 is 35.2 Å². The standard InChI is InChI=1S/C18H24Cl2N2O3/c1-18(2,3)25-17(24)22-9-5-4-6-15(22)16(23)21-11-12-10-13(19)7-8-14(12)20/h7-8,10,15H,4-6,9,11H2,1-3H3,(H,21,23)/t15-/m0/s1. The first-order valence-electron chi connectivity index (χ1n) is 8.38. The van der Waals surface area contributed by atoms with Gasteiger partial charge in [0.05, 0.1) is 0 Å². The predicted molar refractivity (Wildman–Crippen MR) is 98.9 cm³/mol. The molecule has 1 aromatic rings. The number of hydrogen-bond donors (Lipinski definition) is 1. The van der Waals surface area contributed by atoms with Gasteiger partial charge < -0.3 is 10.1 Å². The maximum absolute atomic E-state index is 12.6. The van der Waals surface area contributed by atoms with E-state index >= 15 is 0 Å². The van der Waals surface area contributed by atoms with Crippen LogP contribution in [-0.4, -0.2) is 35.1 Å². The summed E-state index contributed by atoms with van der Waals surface area (Å²) in [6.07, 6.45) is 1.93. The first-order valence-corrected chi connectivity index (χ1v) is 9.14. The highest BCUT2D eigenvalue weighted by Gasteiger charge is 2.34. The molecule has 0 spiro atoms. The topological polar surface area (TPSA) is 58.6 Å². The van der Waals surface area contributed by atoms with Crippen molar-refractivity contribution in [3.05, 3.63) is 33.8 Å². The highest BCUT2D eigenvalue weighted by molar-refractivity contribution is 6.33. The van der Waals surface area contributed by atoms with E-state index in [1.165, 1.54) is 4.90 Å². The number of carbonyl (C=O) groups excluding carboxylic acids is 2. The third-order valence-electron chi connectivity index (χ3n) is 3.89. The first kappa shape index (κ1) is 19.9. The third-order valence-corrected chi connectivity index (χ3v) is 4.50. The zero-order chi connectivity index (χ0) is 18.6. The number of ether oxygens (including phenoxy) is 1. The fourth-order valence-electron chi connectivity index (χ4n) is 2.72. The quantitative estimate of drug-likeness (QED) is 0.837. The number of nitrogens with zero attached hydrogens (tertiary/aromatic N) is 1. The van der Waals surface area contributed by atoms with E-state index in [-0.39, 0.29) is 12.5 Å². The normalized spacial score (nSPS) is 18.0. The average Bonchev–Trinajstić information content (AvgIpc) is 2.54. The molecule has 2 rings (SSSR count). The van der Waals surface area contributed by atoms with Crippen LogP contribution in [-0.2, 0) is 16.1 Å². The van der Waals surface area contributed by atoms with Crippen LogP contribution in [0.5, 0.6) is 0 Å². The number of nitrogens with one attached hydrogen (secondary N) is 1. The molecule has 1 N–H and O–H groups in total. The van der Waals surface area contributed by atoms with E-state index < -0.39 is 17.7 Å². The van der Waals surface area contributed by atoms with Crippen molar-refractivity contribution in [3.8, 4) is 0 Å². The Labute approximate surface area is 158 Å². The third kappa shape index (κ3) is 5.79. The van der Waals surface area contributed by atoms with Crippen LogP contribution < -0.4 is 5.32 Å². The second-order valence-electron chi connectivity index (χ2n) is 7.14. The Kier molecular flexibility index (Phi) is 6.58. The summed E-state index contributed by atoms with van der Waals surface area (Å²) in [5, 5.41) is 3.95. The Bertz CT molecular complexity index is 644. The highest BCUT2D eigenvalue weighted by Crippen LogP contribution is 2.22. The van der Waals surface area contributed by atoms with Crippen LogP contribution >= 0.6 is 23.2 Å². The zero-order valence-corrected chi connectivity index (χ0v) is 16.3. The van der Waals surface area contributed by atoms with Gasteiger partial charge in [-0.3, -0.25) is 9.69 Å². The van der Waals surface area contributed by atoms with Gasteiger partial charge in [-0.15, -0.1) is 0 Å². The van der Waals surface area contributed by atoms with E-state index in [1.54, 1.807) is 18.2 Å². The largest absolute Gasteiger partial charge is 0.444 e. The molecular formula is C18H24Cl2N2O3. The van der Waals surface area contributed by atoms with Crippen molar-refractivity contribution in [2.75, 3.05) is 6.54 Å². The number of halogens is 2. The number of amides is 2. The van der Waals surface area contributed by atoms with E-state index in [1.807, 2.05) is 20.8 Å². The summed E-state index contributed by atoms with van der Waals surface area (Å²) in [5.41, 5.74) is 0.145. The van der Waals surface area contributed by atoms with E-state index in [0.717, 1.165) is 18.4 Å². The molecule has 1 aromatic carbocycles. The molecule has 2 amide bonds. The molecule has 7 heteroatoms. The molecule has 1 atom stereocenters. The molecule has 1 heterocycles. The highest BCUT2D eigenvalue weighted by atomic mass is 35.5. The van der Waals surface area contributed by atoms with Gasteiger partial charge >= 0.3 is 6.09 Å². The lowest BCUT2D eigenvalue weighted by atomic mass is 10.0. The zero-order valence-electron chi connectivity index (χ0n) is 14.8. The number of hydrogen-bond acceptors (Lipinski definition) is 3. The van der Waals surface area contributed by atoms with Gasteiger partial charge in [-0.2, -0.15) is 0 Å². The van der Waals surface area contributed by atoms with E-state index in [2.05, 4.69) is 5.32 Å². The van der Waals surface area contributed by atoms with Crippen LogP contribution in [0, 0.1) is 0 Å². The Morgan fingerprint density at radius 2 is 2.00 bits per heavy atom. The van der Waals surface area contributed by atoms with E-state index in [0.29, 0.717) is 23.0 Å². The minimum Gasteiger partial charge on any atom is -0.444 e. The van der Waals surface area contributed by atoms with Gasteiger partial charge in [0.25, 0.3) is 0 Å². The fraction of sp³-hybridized carbons (Fsp3) is 0.556. The van der Waals surface area contributed by atoms with Crippen LogP contribution in [0.25, 0.3) is 0 Å². The average molecular weight is 387 g/mol. The van der Waals surface area contributed by atoms with E-state index in [9.17, 15) is 9.59 Å². The molecule has 0 unspecified atom stereocenters. The van der Waals surface area contributed by atoms with Crippen molar-refractivity contribution in [2.24, 2.45) is 0 Å². The maximum Gasteiger partial charge on any atom is 0.410 e. The van der Waals surface area contributed by atoms with Gasteiger partial charge in [-0.05, 0) is 63.8 Å². The predicted octanol–water partition coefficient (Wildman–Crippen LogP) is 4.40. The Hall–Kier alpha value is -1.46. The summed E-state index contributed by atoms with van der Waals surface area (Å²) in [6, 6.07) is 4.58. The van der Waals surface area contributed by atoms with Crippen LogP contribution in [0.15, 0.2) is 18.2 Å². The number of likely N-dealkylation sites (tertiary alicyclic amines) is 1. The summed E-state index contributed by atoms with van der Waals surface area (Å²) < 4.78 is 5.42. The van der Waals surface area contributed by atoms with Crippen molar-refractivity contribution in [1.29, 1.82) is 0 Å². The molecule has 25 heavy (non-hydrogen) atoms. The molecule has 1 fully saturated rings. The molecule has 5 nitrogen and oxygen atoms in total. The lowest BCUT2D eigenvalue weighted by molar-refractivity contribution is -0.127. The van der Waals surface area contributed by atoms with Gasteiger partial charge in [0.2, 0.25) is 5.91 Å². The van der Waals surface area contributed by atoms with Gasteiger partial charge in [-0.25, -0.2) is 4.79 Å². The van der Waals surface area contributed by atoms with Crippen LogP contribution in [0.3, 0.4) is 0 Å². The maximum atomic E-state index is 12.6. The van der Waals surface area contributed by atoms with Crippen LogP contribution in [0.2, 0.25) is 10.0 Å². The van der Waals surface area contributed by atoms with Gasteiger partial charge in [0.15, 0.2) is 0 Å². The Morgan fingerprint density at radius 3 is 2.68 bits per heavy atom. The van der Waals surface area contributed by atoms with Crippen LogP contribution in [0.1, 0.15) is 45.6 Å². The summed E-state index contributed by atoms with van der Waals surface area (Å²) in [7, 11) is 0. The molecule has 0 radical (unpaired) electrons. The minimum atomic E-state index is -0.593. The van der Waals surface area contributed by atoms with Crippen molar-refractivity contribution in [1.82, 2.24) is 10.2 Å². The lowest BCUT2D eigenvalue weighted by Gasteiger charge is -2.35. The lowest BCUT2D eigenvalue weighted by Crippen LogP contribution is -2.53. The second-order valence-corrected chi connectivity index (χ2v) is 7.98. The monoisotopic (exact) mass is 386 g/mol. The Balaban J connectivity index is 2.02. The van der Waals surface area contributed by atoms with Gasteiger partial charge in [-0.1, -0.05) is 23.2 Å². The molecule has 0 aliphatic carbocycles. The van der Waals surface area contributed by atoms with Crippen molar-refractivity contribution < 1.29 is 14.3 Å². The summed E-state index contributed by atoms with van der Waals surface area (Å²) in [4.78, 5) is 26.5. The first-order chi connectivity index (χ1) is 11.7. The summed E-state index contributed by atoms with van der Waals surface area (Å²) in [5.74, 6) is -0.207. The molecule has 0 aromatic heterocycles. The molecule has 0 bridgehead atoms.